The Balaban J connectivity index is 1.58. The van der Waals surface area contributed by atoms with Crippen molar-refractivity contribution >= 4 is 22.9 Å². The fourth-order valence-electron chi connectivity index (χ4n) is 3.06. The zero-order valence-corrected chi connectivity index (χ0v) is 14.1. The number of piperidine rings is 1. The minimum atomic E-state index is -0.270. The quantitative estimate of drug-likeness (QED) is 0.909. The van der Waals surface area contributed by atoms with Crippen LogP contribution >= 0.6 is 0 Å². The first-order valence-corrected chi connectivity index (χ1v) is 8.38. The molecule has 1 saturated heterocycles. The van der Waals surface area contributed by atoms with Crippen molar-refractivity contribution in [3.05, 3.63) is 35.5 Å². The van der Waals surface area contributed by atoms with E-state index in [0.717, 1.165) is 23.7 Å². The summed E-state index contributed by atoms with van der Waals surface area (Å²) in [5, 5.41) is 4.09. The minimum Gasteiger partial charge on any atom is -0.450 e. The summed E-state index contributed by atoms with van der Waals surface area (Å²) in [6.45, 7) is 5.43. The van der Waals surface area contributed by atoms with Crippen molar-refractivity contribution in [1.82, 2.24) is 15.2 Å². The fraction of sp³-hybridized carbons (Fsp3) is 0.444. The van der Waals surface area contributed by atoms with Crippen molar-refractivity contribution in [2.24, 2.45) is 0 Å². The molecule has 128 valence electrons. The number of aromatic amines is 1. The summed E-state index contributed by atoms with van der Waals surface area (Å²) >= 11 is 0. The monoisotopic (exact) mass is 329 g/mol. The van der Waals surface area contributed by atoms with Crippen molar-refractivity contribution in [3.63, 3.8) is 0 Å². The molecule has 2 amide bonds. The summed E-state index contributed by atoms with van der Waals surface area (Å²) in [6, 6.07) is 8.02. The molecule has 0 unspecified atom stereocenters. The van der Waals surface area contributed by atoms with Gasteiger partial charge < -0.3 is 19.9 Å². The lowest BCUT2D eigenvalue weighted by atomic mass is 10.1. The molecule has 0 bridgehead atoms. The van der Waals surface area contributed by atoms with Crippen molar-refractivity contribution < 1.29 is 14.3 Å². The molecule has 0 atom stereocenters. The van der Waals surface area contributed by atoms with Crippen LogP contribution in [0.15, 0.2) is 24.3 Å². The van der Waals surface area contributed by atoms with Crippen LogP contribution in [0.25, 0.3) is 10.9 Å². The van der Waals surface area contributed by atoms with Gasteiger partial charge in [-0.1, -0.05) is 11.6 Å². The third-order valence-electron chi connectivity index (χ3n) is 4.38. The lowest BCUT2D eigenvalue weighted by Gasteiger charge is -2.31. The standard InChI is InChI=1S/C18H23N3O3/c1-3-24-18(23)21-8-6-14(7-9-21)19-17(22)16-11-13-10-12(2)4-5-15(13)20-16/h4-5,10-11,14,20H,3,6-9H2,1-2H3,(H,19,22). The Morgan fingerprint density at radius 1 is 1.29 bits per heavy atom. The van der Waals surface area contributed by atoms with E-state index in [2.05, 4.69) is 16.4 Å². The average molecular weight is 329 g/mol. The number of nitrogens with zero attached hydrogens (tertiary/aromatic N) is 1. The summed E-state index contributed by atoms with van der Waals surface area (Å²) in [6.07, 6.45) is 1.21. The number of likely N-dealkylation sites (tertiary alicyclic amines) is 1. The second kappa shape index (κ2) is 6.95. The van der Waals surface area contributed by atoms with E-state index in [1.54, 1.807) is 11.8 Å². The zero-order valence-electron chi connectivity index (χ0n) is 14.1. The molecule has 1 aromatic carbocycles. The number of fused-ring (bicyclic) bond motifs is 1. The first kappa shape index (κ1) is 16.4. The Morgan fingerprint density at radius 3 is 2.75 bits per heavy atom. The van der Waals surface area contributed by atoms with E-state index in [0.29, 0.717) is 25.4 Å². The molecule has 3 rings (SSSR count). The van der Waals surface area contributed by atoms with Crippen molar-refractivity contribution in [2.45, 2.75) is 32.7 Å². The van der Waals surface area contributed by atoms with E-state index in [1.807, 2.05) is 25.1 Å². The van der Waals surface area contributed by atoms with Gasteiger partial charge in [-0.05, 0) is 44.9 Å². The van der Waals surface area contributed by atoms with Gasteiger partial charge in [0.1, 0.15) is 5.69 Å². The van der Waals surface area contributed by atoms with E-state index in [9.17, 15) is 9.59 Å². The molecule has 6 heteroatoms. The highest BCUT2D eigenvalue weighted by atomic mass is 16.6. The third-order valence-corrected chi connectivity index (χ3v) is 4.38. The molecule has 6 nitrogen and oxygen atoms in total. The topological polar surface area (TPSA) is 74.4 Å². The summed E-state index contributed by atoms with van der Waals surface area (Å²) in [5.41, 5.74) is 2.70. The van der Waals surface area contributed by atoms with Crippen LogP contribution < -0.4 is 5.32 Å². The van der Waals surface area contributed by atoms with Crippen LogP contribution in [0.4, 0.5) is 4.79 Å². The van der Waals surface area contributed by atoms with Crippen molar-refractivity contribution in [2.75, 3.05) is 19.7 Å². The summed E-state index contributed by atoms with van der Waals surface area (Å²) in [5.74, 6) is -0.0987. The number of H-pyrrole nitrogens is 1. The lowest BCUT2D eigenvalue weighted by molar-refractivity contribution is 0.0857. The summed E-state index contributed by atoms with van der Waals surface area (Å²) < 4.78 is 5.00. The number of ether oxygens (including phenoxy) is 1. The highest BCUT2D eigenvalue weighted by molar-refractivity contribution is 5.98. The summed E-state index contributed by atoms with van der Waals surface area (Å²) in [7, 11) is 0. The van der Waals surface area contributed by atoms with Crippen LogP contribution in [0.2, 0.25) is 0 Å². The number of hydrogen-bond acceptors (Lipinski definition) is 3. The van der Waals surface area contributed by atoms with Crippen LogP contribution in [0.1, 0.15) is 35.8 Å². The molecule has 0 spiro atoms. The fourth-order valence-corrected chi connectivity index (χ4v) is 3.06. The van der Waals surface area contributed by atoms with Gasteiger partial charge in [-0.15, -0.1) is 0 Å². The molecule has 2 heterocycles. The van der Waals surface area contributed by atoms with Crippen molar-refractivity contribution in [1.29, 1.82) is 0 Å². The van der Waals surface area contributed by atoms with Crippen LogP contribution in [0.5, 0.6) is 0 Å². The number of benzene rings is 1. The molecule has 0 aliphatic carbocycles. The molecule has 1 aromatic heterocycles. The maximum Gasteiger partial charge on any atom is 0.409 e. The van der Waals surface area contributed by atoms with E-state index >= 15 is 0 Å². The Labute approximate surface area is 141 Å². The highest BCUT2D eigenvalue weighted by Gasteiger charge is 2.25. The Morgan fingerprint density at radius 2 is 2.04 bits per heavy atom. The van der Waals surface area contributed by atoms with Crippen LogP contribution in [-0.4, -0.2) is 47.6 Å². The maximum atomic E-state index is 12.4. The van der Waals surface area contributed by atoms with Gasteiger partial charge in [-0.25, -0.2) is 4.79 Å². The number of rotatable bonds is 3. The molecule has 1 aliphatic rings. The van der Waals surface area contributed by atoms with Crippen molar-refractivity contribution in [3.8, 4) is 0 Å². The van der Waals surface area contributed by atoms with Crippen LogP contribution in [0.3, 0.4) is 0 Å². The van der Waals surface area contributed by atoms with Crippen LogP contribution in [-0.2, 0) is 4.74 Å². The van der Waals surface area contributed by atoms with Gasteiger partial charge in [0.2, 0.25) is 0 Å². The number of hydrogen-bond donors (Lipinski definition) is 2. The first-order chi connectivity index (χ1) is 11.6. The molecular weight excluding hydrogens is 306 g/mol. The summed E-state index contributed by atoms with van der Waals surface area (Å²) in [4.78, 5) is 29.0. The molecule has 0 radical (unpaired) electrons. The minimum absolute atomic E-state index is 0.0799. The normalized spacial score (nSPS) is 15.5. The predicted octanol–water partition coefficient (Wildman–Crippen LogP) is 2.83. The van der Waals surface area contributed by atoms with Crippen LogP contribution in [0, 0.1) is 6.92 Å². The number of amides is 2. The van der Waals surface area contributed by atoms with E-state index in [1.165, 1.54) is 5.56 Å². The number of aromatic nitrogens is 1. The lowest BCUT2D eigenvalue weighted by Crippen LogP contribution is -2.46. The van der Waals surface area contributed by atoms with Gasteiger partial charge in [0.15, 0.2) is 0 Å². The van der Waals surface area contributed by atoms with Gasteiger partial charge in [0.25, 0.3) is 5.91 Å². The third kappa shape index (κ3) is 3.53. The maximum absolute atomic E-state index is 12.4. The van der Waals surface area contributed by atoms with Gasteiger partial charge >= 0.3 is 6.09 Å². The number of carbonyl (C=O) groups is 2. The molecule has 2 N–H and O–H groups in total. The molecule has 1 fully saturated rings. The Hall–Kier alpha value is -2.50. The molecule has 24 heavy (non-hydrogen) atoms. The molecular formula is C18H23N3O3. The van der Waals surface area contributed by atoms with Gasteiger partial charge in [0.05, 0.1) is 6.61 Å². The van der Waals surface area contributed by atoms with E-state index in [-0.39, 0.29) is 18.0 Å². The van der Waals surface area contributed by atoms with Gasteiger partial charge in [-0.2, -0.15) is 0 Å². The first-order valence-electron chi connectivity index (χ1n) is 8.38. The zero-order chi connectivity index (χ0) is 17.1. The van der Waals surface area contributed by atoms with E-state index in [4.69, 9.17) is 4.74 Å². The number of carbonyl (C=O) groups excluding carboxylic acids is 2. The SMILES string of the molecule is CCOC(=O)N1CCC(NC(=O)c2cc3cc(C)ccc3[nH]2)CC1. The average Bonchev–Trinajstić information content (AvgIpc) is 2.99. The largest absolute Gasteiger partial charge is 0.450 e. The smallest absolute Gasteiger partial charge is 0.409 e. The molecule has 2 aromatic rings. The molecule has 0 saturated carbocycles. The van der Waals surface area contributed by atoms with Gasteiger partial charge in [-0.3, -0.25) is 4.79 Å². The van der Waals surface area contributed by atoms with E-state index < -0.39 is 0 Å². The van der Waals surface area contributed by atoms with Gasteiger partial charge in [0, 0.05) is 30.0 Å². The second-order valence-corrected chi connectivity index (χ2v) is 6.21. The number of nitrogens with one attached hydrogen (secondary N) is 2. The second-order valence-electron chi connectivity index (χ2n) is 6.21. The Bertz CT molecular complexity index is 745. The Kier molecular flexibility index (Phi) is 4.74. The molecule has 1 aliphatic heterocycles. The predicted molar refractivity (Wildman–Crippen MR) is 92.1 cm³/mol. The highest BCUT2D eigenvalue weighted by Crippen LogP contribution is 2.18. The number of aryl methyl sites for hydroxylation is 1.